The van der Waals surface area contributed by atoms with E-state index in [2.05, 4.69) is 10.3 Å². The largest absolute Gasteiger partial charge is 0.394 e. The van der Waals surface area contributed by atoms with Gasteiger partial charge in [0.1, 0.15) is 42.3 Å². The van der Waals surface area contributed by atoms with Gasteiger partial charge in [0.2, 0.25) is 0 Å². The first kappa shape index (κ1) is 30.5. The van der Waals surface area contributed by atoms with Gasteiger partial charge in [0.15, 0.2) is 23.2 Å². The summed E-state index contributed by atoms with van der Waals surface area (Å²) in [5, 5.41) is 40.1. The summed E-state index contributed by atoms with van der Waals surface area (Å²) in [6.07, 6.45) is -5.72. The van der Waals surface area contributed by atoms with Gasteiger partial charge in [-0.3, -0.25) is 4.79 Å². The molecular formula is C31H30F3N3O6. The second-order valence-electron chi connectivity index (χ2n) is 10.2. The zero-order valence-electron chi connectivity index (χ0n) is 23.1. The molecule has 0 radical (unpaired) electrons. The molecule has 12 heteroatoms. The zero-order chi connectivity index (χ0) is 30.7. The van der Waals surface area contributed by atoms with E-state index < -0.39 is 60.6 Å². The van der Waals surface area contributed by atoms with Crippen molar-refractivity contribution >= 4 is 5.78 Å². The van der Waals surface area contributed by atoms with Crippen LogP contribution in [-0.4, -0.2) is 73.2 Å². The van der Waals surface area contributed by atoms with Gasteiger partial charge >= 0.3 is 0 Å². The van der Waals surface area contributed by atoms with E-state index >= 15 is 0 Å². The van der Waals surface area contributed by atoms with Gasteiger partial charge in [-0.25, -0.2) is 17.9 Å². The summed E-state index contributed by atoms with van der Waals surface area (Å²) in [7, 11) is 0. The topological polar surface area (TPSA) is 127 Å². The number of halogens is 3. The summed E-state index contributed by atoms with van der Waals surface area (Å²) < 4.78 is 54.0. The van der Waals surface area contributed by atoms with Crippen LogP contribution in [0.2, 0.25) is 0 Å². The molecule has 9 nitrogen and oxygen atoms in total. The van der Waals surface area contributed by atoms with Crippen molar-refractivity contribution in [3.63, 3.8) is 0 Å². The molecule has 5 rings (SSSR count). The van der Waals surface area contributed by atoms with Crippen LogP contribution in [0, 0.1) is 17.5 Å². The molecule has 1 aliphatic heterocycles. The number of hydrogen-bond donors (Lipinski definition) is 3. The van der Waals surface area contributed by atoms with Crippen LogP contribution >= 0.6 is 0 Å². The highest BCUT2D eigenvalue weighted by Crippen LogP contribution is 2.34. The van der Waals surface area contributed by atoms with Gasteiger partial charge < -0.3 is 24.8 Å². The summed E-state index contributed by atoms with van der Waals surface area (Å²) >= 11 is 0. The fourth-order valence-electron chi connectivity index (χ4n) is 5.18. The Balaban J connectivity index is 1.41. The van der Waals surface area contributed by atoms with E-state index in [1.54, 1.807) is 6.92 Å². The molecule has 0 amide bonds. The highest BCUT2D eigenvalue weighted by molar-refractivity contribution is 5.83. The molecule has 226 valence electrons. The van der Waals surface area contributed by atoms with E-state index in [-0.39, 0.29) is 30.1 Å². The van der Waals surface area contributed by atoms with Crippen LogP contribution in [-0.2, 0) is 20.9 Å². The molecule has 4 aromatic rings. The summed E-state index contributed by atoms with van der Waals surface area (Å²) in [5.41, 5.74) is 2.50. The average molecular weight is 598 g/mol. The normalized spacial score (nSPS) is 22.8. The Kier molecular flexibility index (Phi) is 9.33. The molecule has 0 aliphatic carbocycles. The third kappa shape index (κ3) is 6.38. The molecule has 0 saturated carbocycles. The fourth-order valence-corrected chi connectivity index (χ4v) is 5.18. The van der Waals surface area contributed by atoms with Crippen LogP contribution in [0.25, 0.3) is 22.4 Å². The predicted octanol–water partition coefficient (Wildman–Crippen LogP) is 3.62. The molecule has 1 aliphatic rings. The number of hydrogen-bond acceptors (Lipinski definition) is 8. The molecule has 2 heterocycles. The number of ketones is 1. The average Bonchev–Trinajstić information content (AvgIpc) is 3.51. The Labute approximate surface area is 245 Å². The first-order valence-electron chi connectivity index (χ1n) is 13.7. The number of ether oxygens (including phenoxy) is 2. The van der Waals surface area contributed by atoms with Crippen molar-refractivity contribution in [1.82, 2.24) is 15.0 Å². The lowest BCUT2D eigenvalue weighted by Gasteiger charge is -2.44. The Hall–Kier alpha value is -3.94. The van der Waals surface area contributed by atoms with Crippen molar-refractivity contribution < 1.29 is 42.8 Å². The van der Waals surface area contributed by atoms with Gasteiger partial charge in [-0.05, 0) is 34.9 Å². The minimum absolute atomic E-state index is 0.00413. The van der Waals surface area contributed by atoms with Crippen molar-refractivity contribution in [2.24, 2.45) is 0 Å². The van der Waals surface area contributed by atoms with E-state index in [0.29, 0.717) is 0 Å². The molecule has 1 saturated heterocycles. The molecule has 1 fully saturated rings. The minimum atomic E-state index is -1.64. The van der Waals surface area contributed by atoms with Crippen LogP contribution in [0.15, 0.2) is 72.9 Å². The van der Waals surface area contributed by atoms with Gasteiger partial charge in [-0.1, -0.05) is 60.7 Å². The van der Waals surface area contributed by atoms with E-state index in [4.69, 9.17) is 9.47 Å². The van der Waals surface area contributed by atoms with Crippen molar-refractivity contribution in [3.05, 3.63) is 95.9 Å². The highest BCUT2D eigenvalue weighted by atomic mass is 19.2. The molecule has 0 spiro atoms. The number of Topliss-reactive ketones (excluding diaryl/α,β-unsaturated/α-hetero) is 1. The standard InChI is InChI=1S/C31H30F3N3O6/c1-2-24(39)30(42-16-17-7-6-10-19(11-17)18-8-4-3-5-9-18)31-29(41)27(28(40)25(15-38)43-31)37-14-23(35-36-37)20-12-21(32)26(34)22(33)13-20/h3-14,25,27-31,38,40-41H,2,15-16H2,1H3/t25?,27-,28-,29?,30+,31+/m0/s1. The Morgan fingerprint density at radius 2 is 1.67 bits per heavy atom. The van der Waals surface area contributed by atoms with Crippen molar-refractivity contribution in [3.8, 4) is 22.4 Å². The van der Waals surface area contributed by atoms with Crippen LogP contribution in [0.5, 0.6) is 0 Å². The first-order valence-corrected chi connectivity index (χ1v) is 13.7. The second kappa shape index (κ2) is 13.1. The lowest BCUT2D eigenvalue weighted by molar-refractivity contribution is -0.234. The smallest absolute Gasteiger partial charge is 0.194 e. The molecule has 3 aromatic carbocycles. The van der Waals surface area contributed by atoms with E-state index in [1.807, 2.05) is 54.6 Å². The SMILES string of the molecule is CCC(=O)[C@@H](OCc1cccc(-c2ccccc2)c1)[C@@H]1OC(CO)[C@H](O)[C@H](n2cc(-c3cc(F)c(F)c(F)c3)nn2)C1O. The number of nitrogens with zero attached hydrogens (tertiary/aromatic N) is 3. The molecule has 6 atom stereocenters. The molecule has 0 bridgehead atoms. The highest BCUT2D eigenvalue weighted by Gasteiger charge is 2.50. The van der Waals surface area contributed by atoms with Gasteiger partial charge in [0.05, 0.1) is 19.4 Å². The van der Waals surface area contributed by atoms with Gasteiger partial charge in [-0.15, -0.1) is 5.10 Å². The van der Waals surface area contributed by atoms with E-state index in [1.165, 1.54) is 6.20 Å². The van der Waals surface area contributed by atoms with Crippen LogP contribution in [0.4, 0.5) is 13.2 Å². The second-order valence-corrected chi connectivity index (χ2v) is 10.2. The lowest BCUT2D eigenvalue weighted by atomic mass is 9.88. The number of rotatable bonds is 10. The molecule has 1 aromatic heterocycles. The van der Waals surface area contributed by atoms with Gasteiger partial charge in [0.25, 0.3) is 0 Å². The maximum Gasteiger partial charge on any atom is 0.194 e. The van der Waals surface area contributed by atoms with Crippen LogP contribution in [0.3, 0.4) is 0 Å². The number of carbonyl (C=O) groups excluding carboxylic acids is 1. The number of carbonyl (C=O) groups is 1. The molecular weight excluding hydrogens is 567 g/mol. The third-order valence-electron chi connectivity index (χ3n) is 7.45. The summed E-state index contributed by atoms with van der Waals surface area (Å²) in [5.74, 6) is -4.88. The number of aromatic nitrogens is 3. The maximum absolute atomic E-state index is 13.8. The Bertz CT molecular complexity index is 1550. The monoisotopic (exact) mass is 597 g/mol. The quantitative estimate of drug-likeness (QED) is 0.237. The van der Waals surface area contributed by atoms with Crippen LogP contribution < -0.4 is 0 Å². The predicted molar refractivity (Wildman–Crippen MR) is 148 cm³/mol. The third-order valence-corrected chi connectivity index (χ3v) is 7.45. The first-order chi connectivity index (χ1) is 20.7. The maximum atomic E-state index is 13.8. The molecule has 43 heavy (non-hydrogen) atoms. The zero-order valence-corrected chi connectivity index (χ0v) is 23.1. The molecule has 3 N–H and O–H groups in total. The summed E-state index contributed by atoms with van der Waals surface area (Å²) in [4.78, 5) is 13.1. The van der Waals surface area contributed by atoms with Gasteiger partial charge in [-0.2, -0.15) is 0 Å². The van der Waals surface area contributed by atoms with Crippen molar-refractivity contribution in [2.75, 3.05) is 6.61 Å². The molecule has 2 unspecified atom stereocenters. The van der Waals surface area contributed by atoms with Gasteiger partial charge in [0, 0.05) is 12.0 Å². The fraction of sp³-hybridized carbons (Fsp3) is 0.323. The number of aliphatic hydroxyl groups excluding tert-OH is 3. The van der Waals surface area contributed by atoms with E-state index in [9.17, 15) is 33.3 Å². The van der Waals surface area contributed by atoms with Crippen LogP contribution in [0.1, 0.15) is 24.9 Å². The number of aliphatic hydroxyl groups is 3. The summed E-state index contributed by atoms with van der Waals surface area (Å²) in [6.45, 7) is 0.962. The van der Waals surface area contributed by atoms with Crippen molar-refractivity contribution in [2.45, 2.75) is 56.5 Å². The van der Waals surface area contributed by atoms with E-state index in [0.717, 1.165) is 33.5 Å². The summed E-state index contributed by atoms with van der Waals surface area (Å²) in [6, 6.07) is 17.4. The Morgan fingerprint density at radius 1 is 0.977 bits per heavy atom. The Morgan fingerprint density at radius 3 is 2.35 bits per heavy atom. The minimum Gasteiger partial charge on any atom is -0.394 e. The lowest BCUT2D eigenvalue weighted by Crippen LogP contribution is -2.60. The number of benzene rings is 3. The van der Waals surface area contributed by atoms with Crippen molar-refractivity contribution in [1.29, 1.82) is 0 Å².